The lowest BCUT2D eigenvalue weighted by Crippen LogP contribution is -2.63. The highest BCUT2D eigenvalue weighted by Crippen LogP contribution is 2.40. The van der Waals surface area contributed by atoms with Crippen molar-refractivity contribution < 1.29 is 9.13 Å². The van der Waals surface area contributed by atoms with E-state index in [1.807, 2.05) is 7.05 Å². The van der Waals surface area contributed by atoms with Gasteiger partial charge in [-0.25, -0.2) is 4.39 Å². The second-order valence-electron chi connectivity index (χ2n) is 4.73. The first-order chi connectivity index (χ1) is 8.11. The van der Waals surface area contributed by atoms with Crippen LogP contribution in [0.3, 0.4) is 0 Å². The third-order valence-corrected chi connectivity index (χ3v) is 3.85. The Morgan fingerprint density at radius 2 is 2.00 bits per heavy atom. The van der Waals surface area contributed by atoms with Gasteiger partial charge in [0.15, 0.2) is 0 Å². The number of anilines is 1. The number of methoxy groups -OCH3 is 1. The number of nitrogens with two attached hydrogens (primary N) is 1. The smallest absolute Gasteiger partial charge is 0.123 e. The largest absolute Gasteiger partial charge is 0.381 e. The van der Waals surface area contributed by atoms with Crippen molar-refractivity contribution in [2.75, 3.05) is 25.6 Å². The fraction of sp³-hybridized carbons (Fsp3) is 0.538. The molecule has 17 heavy (non-hydrogen) atoms. The summed E-state index contributed by atoms with van der Waals surface area (Å²) in [5, 5.41) is 0. The maximum Gasteiger partial charge on any atom is 0.123 e. The fourth-order valence-corrected chi connectivity index (χ4v) is 2.47. The molecule has 0 bridgehead atoms. The Kier molecular flexibility index (Phi) is 3.35. The molecule has 1 aliphatic rings. The summed E-state index contributed by atoms with van der Waals surface area (Å²) in [7, 11) is 3.73. The van der Waals surface area contributed by atoms with E-state index in [9.17, 15) is 4.39 Å². The number of hydrogen-bond acceptors (Lipinski definition) is 3. The molecule has 2 N–H and O–H groups in total. The first kappa shape index (κ1) is 12.3. The highest BCUT2D eigenvalue weighted by molar-refractivity contribution is 5.49. The maximum atomic E-state index is 12.9. The molecule has 4 heteroatoms. The van der Waals surface area contributed by atoms with Crippen LogP contribution in [0.2, 0.25) is 0 Å². The van der Waals surface area contributed by atoms with E-state index < -0.39 is 0 Å². The Balaban J connectivity index is 2.13. The van der Waals surface area contributed by atoms with Crippen LogP contribution < -0.4 is 10.6 Å². The molecule has 2 rings (SSSR count). The van der Waals surface area contributed by atoms with Crippen molar-refractivity contribution >= 4 is 5.69 Å². The third-order valence-electron chi connectivity index (χ3n) is 3.85. The Hall–Kier alpha value is -1.13. The molecule has 1 aliphatic carbocycles. The average Bonchev–Trinajstić information content (AvgIpc) is 2.29. The SMILES string of the molecule is COC1CC(CN)(N(C)c2ccc(F)cc2)C1. The van der Waals surface area contributed by atoms with Crippen LogP contribution in [-0.4, -0.2) is 32.3 Å². The monoisotopic (exact) mass is 238 g/mol. The Labute approximate surface area is 101 Å². The standard InChI is InChI=1S/C13H19FN2O/c1-16(11-5-3-10(14)4-6-11)13(9-15)7-12(8-13)17-2/h3-6,12H,7-9,15H2,1-2H3. The van der Waals surface area contributed by atoms with E-state index in [2.05, 4.69) is 4.90 Å². The highest BCUT2D eigenvalue weighted by atomic mass is 19.1. The molecule has 94 valence electrons. The van der Waals surface area contributed by atoms with Crippen LogP contribution in [0, 0.1) is 5.82 Å². The van der Waals surface area contributed by atoms with Gasteiger partial charge in [-0.05, 0) is 37.1 Å². The molecule has 0 saturated heterocycles. The van der Waals surface area contributed by atoms with E-state index in [-0.39, 0.29) is 11.4 Å². The number of rotatable bonds is 4. The van der Waals surface area contributed by atoms with Gasteiger partial charge in [0.2, 0.25) is 0 Å². The minimum absolute atomic E-state index is 0.0431. The first-order valence-electron chi connectivity index (χ1n) is 5.83. The van der Waals surface area contributed by atoms with Gasteiger partial charge in [-0.2, -0.15) is 0 Å². The van der Waals surface area contributed by atoms with Gasteiger partial charge in [-0.1, -0.05) is 0 Å². The summed E-state index contributed by atoms with van der Waals surface area (Å²) in [6.45, 7) is 0.584. The third kappa shape index (κ3) is 2.15. The molecule has 0 radical (unpaired) electrons. The lowest BCUT2D eigenvalue weighted by atomic mass is 9.72. The first-order valence-corrected chi connectivity index (χ1v) is 5.83. The Bertz CT molecular complexity index is 374. The minimum Gasteiger partial charge on any atom is -0.381 e. The fourth-order valence-electron chi connectivity index (χ4n) is 2.47. The zero-order valence-corrected chi connectivity index (χ0v) is 10.3. The summed E-state index contributed by atoms with van der Waals surface area (Å²) in [5.74, 6) is -0.215. The van der Waals surface area contributed by atoms with E-state index in [0.29, 0.717) is 12.6 Å². The minimum atomic E-state index is -0.215. The molecule has 0 amide bonds. The molecule has 1 saturated carbocycles. The van der Waals surface area contributed by atoms with Gasteiger partial charge in [0.05, 0.1) is 11.6 Å². The number of likely N-dealkylation sites (N-methyl/N-ethyl adjacent to an activating group) is 1. The quantitative estimate of drug-likeness (QED) is 0.868. The highest BCUT2D eigenvalue weighted by Gasteiger charge is 2.46. The second kappa shape index (κ2) is 4.63. The van der Waals surface area contributed by atoms with Crippen molar-refractivity contribution in [2.24, 2.45) is 5.73 Å². The van der Waals surface area contributed by atoms with Crippen molar-refractivity contribution in [2.45, 2.75) is 24.5 Å². The van der Waals surface area contributed by atoms with Crippen molar-refractivity contribution in [1.29, 1.82) is 0 Å². The number of ether oxygens (including phenoxy) is 1. The second-order valence-corrected chi connectivity index (χ2v) is 4.73. The predicted octanol–water partition coefficient (Wildman–Crippen LogP) is 1.77. The van der Waals surface area contributed by atoms with Crippen LogP contribution in [0.5, 0.6) is 0 Å². The van der Waals surface area contributed by atoms with E-state index in [1.54, 1.807) is 19.2 Å². The van der Waals surface area contributed by atoms with Crippen molar-refractivity contribution in [3.63, 3.8) is 0 Å². The molecule has 1 aromatic rings. The normalized spacial score (nSPS) is 27.6. The zero-order valence-electron chi connectivity index (χ0n) is 10.3. The van der Waals surface area contributed by atoms with Crippen LogP contribution in [0.15, 0.2) is 24.3 Å². The number of hydrogen-bond donors (Lipinski definition) is 1. The number of halogens is 1. The van der Waals surface area contributed by atoms with Crippen LogP contribution >= 0.6 is 0 Å². The topological polar surface area (TPSA) is 38.5 Å². The van der Waals surface area contributed by atoms with Crippen LogP contribution in [0.4, 0.5) is 10.1 Å². The van der Waals surface area contributed by atoms with Crippen molar-refractivity contribution in [1.82, 2.24) is 0 Å². The van der Waals surface area contributed by atoms with Gasteiger partial charge >= 0.3 is 0 Å². The van der Waals surface area contributed by atoms with E-state index in [1.165, 1.54) is 12.1 Å². The van der Waals surface area contributed by atoms with Gasteiger partial charge in [-0.3, -0.25) is 0 Å². The lowest BCUT2D eigenvalue weighted by Gasteiger charge is -2.53. The summed E-state index contributed by atoms with van der Waals surface area (Å²) in [6, 6.07) is 6.52. The molecule has 0 heterocycles. The molecule has 1 fully saturated rings. The lowest BCUT2D eigenvalue weighted by molar-refractivity contribution is -0.0123. The predicted molar refractivity (Wildman–Crippen MR) is 66.6 cm³/mol. The maximum absolute atomic E-state index is 12.9. The summed E-state index contributed by atoms with van der Waals surface area (Å²) >= 11 is 0. The molecule has 0 unspecified atom stereocenters. The van der Waals surface area contributed by atoms with Crippen LogP contribution in [-0.2, 0) is 4.74 Å². The summed E-state index contributed by atoms with van der Waals surface area (Å²) < 4.78 is 18.2. The summed E-state index contributed by atoms with van der Waals surface area (Å²) in [6.07, 6.45) is 2.14. The average molecular weight is 238 g/mol. The number of benzene rings is 1. The molecule has 1 aromatic carbocycles. The summed E-state index contributed by atoms with van der Waals surface area (Å²) in [5.41, 5.74) is 6.83. The van der Waals surface area contributed by atoms with Crippen LogP contribution in [0.1, 0.15) is 12.8 Å². The Morgan fingerprint density at radius 1 is 1.41 bits per heavy atom. The Morgan fingerprint density at radius 3 is 2.47 bits per heavy atom. The molecule has 3 nitrogen and oxygen atoms in total. The molecular weight excluding hydrogens is 219 g/mol. The molecule has 0 spiro atoms. The van der Waals surface area contributed by atoms with Crippen molar-refractivity contribution in [3.8, 4) is 0 Å². The van der Waals surface area contributed by atoms with Gasteiger partial charge in [0, 0.05) is 26.4 Å². The van der Waals surface area contributed by atoms with Crippen molar-refractivity contribution in [3.05, 3.63) is 30.1 Å². The van der Waals surface area contributed by atoms with Gasteiger partial charge in [0.1, 0.15) is 5.82 Å². The van der Waals surface area contributed by atoms with E-state index >= 15 is 0 Å². The van der Waals surface area contributed by atoms with E-state index in [0.717, 1.165) is 18.5 Å². The molecule has 0 aromatic heterocycles. The van der Waals surface area contributed by atoms with Crippen LogP contribution in [0.25, 0.3) is 0 Å². The van der Waals surface area contributed by atoms with Gasteiger partial charge in [-0.15, -0.1) is 0 Å². The molecule has 0 atom stereocenters. The molecular formula is C13H19FN2O. The molecule has 0 aliphatic heterocycles. The van der Waals surface area contributed by atoms with Gasteiger partial charge < -0.3 is 15.4 Å². The van der Waals surface area contributed by atoms with E-state index in [4.69, 9.17) is 10.5 Å². The summed E-state index contributed by atoms with van der Waals surface area (Å²) in [4.78, 5) is 2.14. The number of nitrogens with zero attached hydrogens (tertiary/aromatic N) is 1. The zero-order chi connectivity index (χ0) is 12.5. The van der Waals surface area contributed by atoms with Gasteiger partial charge in [0.25, 0.3) is 0 Å².